The summed E-state index contributed by atoms with van der Waals surface area (Å²) in [6, 6.07) is 7.75. The maximum absolute atomic E-state index is 11.3. The zero-order chi connectivity index (χ0) is 19.8. The second-order valence-electron chi connectivity index (χ2n) is 7.50. The van der Waals surface area contributed by atoms with Crippen molar-refractivity contribution in [1.29, 1.82) is 0 Å². The number of hydrogen-bond acceptors (Lipinski definition) is 5. The van der Waals surface area contributed by atoms with Gasteiger partial charge in [0.1, 0.15) is 18.6 Å². The smallest absolute Gasteiger partial charge is 0.221 e. The minimum atomic E-state index is -0.102. The predicted molar refractivity (Wildman–Crippen MR) is 106 cm³/mol. The number of hydrogen-bond donors (Lipinski definition) is 1. The number of amides is 1. The monoisotopic (exact) mass is 393 g/mol. The fraction of sp³-hybridized carbons (Fsp3) is 0.381. The Kier molecular flexibility index (Phi) is 4.55. The van der Waals surface area contributed by atoms with E-state index in [0.29, 0.717) is 13.2 Å². The van der Waals surface area contributed by atoms with E-state index in [1.54, 1.807) is 0 Å². The first-order chi connectivity index (χ1) is 14.2. The Bertz CT molecular complexity index is 1050. The van der Waals surface area contributed by atoms with Gasteiger partial charge in [-0.05, 0) is 31.4 Å². The fourth-order valence-electron chi connectivity index (χ4n) is 3.82. The first kappa shape index (κ1) is 17.9. The predicted octanol–water partition coefficient (Wildman–Crippen LogP) is 3.34. The van der Waals surface area contributed by atoms with Crippen molar-refractivity contribution in [3.8, 4) is 17.0 Å². The summed E-state index contributed by atoms with van der Waals surface area (Å²) in [6.07, 6.45) is 7.14. The second kappa shape index (κ2) is 7.36. The molecule has 8 heteroatoms. The van der Waals surface area contributed by atoms with Crippen molar-refractivity contribution < 1.29 is 14.3 Å². The molecule has 1 unspecified atom stereocenters. The third kappa shape index (κ3) is 3.63. The zero-order valence-corrected chi connectivity index (χ0v) is 16.3. The van der Waals surface area contributed by atoms with Gasteiger partial charge in [-0.1, -0.05) is 6.07 Å². The summed E-state index contributed by atoms with van der Waals surface area (Å²) in [7, 11) is 0. The van der Waals surface area contributed by atoms with Crippen molar-refractivity contribution in [3.05, 3.63) is 47.9 Å². The van der Waals surface area contributed by atoms with E-state index in [0.717, 1.165) is 53.4 Å². The largest absolute Gasteiger partial charge is 0.487 e. The van der Waals surface area contributed by atoms with Crippen LogP contribution in [0.3, 0.4) is 0 Å². The number of fused-ring (bicyclic) bond motifs is 2. The maximum Gasteiger partial charge on any atom is 0.221 e. The van der Waals surface area contributed by atoms with E-state index in [2.05, 4.69) is 10.4 Å². The Morgan fingerprint density at radius 1 is 1.28 bits per heavy atom. The van der Waals surface area contributed by atoms with E-state index in [1.807, 2.05) is 46.0 Å². The lowest BCUT2D eigenvalue weighted by molar-refractivity contribution is -0.114. The van der Waals surface area contributed by atoms with Crippen LogP contribution in [0.15, 0.2) is 36.7 Å². The van der Waals surface area contributed by atoms with Crippen molar-refractivity contribution in [2.24, 2.45) is 0 Å². The van der Waals surface area contributed by atoms with E-state index in [4.69, 9.17) is 14.6 Å². The number of carbonyl (C=O) groups is 1. The van der Waals surface area contributed by atoms with E-state index in [9.17, 15) is 4.79 Å². The summed E-state index contributed by atoms with van der Waals surface area (Å²) in [5, 5.41) is 12.1. The summed E-state index contributed by atoms with van der Waals surface area (Å²) in [6.45, 7) is 3.32. The van der Waals surface area contributed by atoms with Crippen molar-refractivity contribution >= 4 is 11.6 Å². The van der Waals surface area contributed by atoms with Crippen molar-refractivity contribution in [1.82, 2.24) is 19.6 Å². The Morgan fingerprint density at radius 3 is 3.03 bits per heavy atom. The molecule has 150 valence electrons. The molecule has 2 aliphatic rings. The van der Waals surface area contributed by atoms with E-state index >= 15 is 0 Å². The Morgan fingerprint density at radius 2 is 2.21 bits per heavy atom. The van der Waals surface area contributed by atoms with Gasteiger partial charge in [-0.25, -0.2) is 4.68 Å². The van der Waals surface area contributed by atoms with Crippen LogP contribution in [0.2, 0.25) is 0 Å². The van der Waals surface area contributed by atoms with Crippen LogP contribution in [0.1, 0.15) is 43.7 Å². The SMILES string of the molecule is CC(=O)Nc1ccc2c(c1)OCc1cc(-c3cnn(C4CCCCO4)c3)nn1C2. The summed E-state index contributed by atoms with van der Waals surface area (Å²) in [5.74, 6) is 0.667. The quantitative estimate of drug-likeness (QED) is 0.738. The number of nitrogens with one attached hydrogen (secondary N) is 1. The van der Waals surface area contributed by atoms with Crippen LogP contribution in [0.25, 0.3) is 11.3 Å². The number of aromatic nitrogens is 4. The highest BCUT2D eigenvalue weighted by Crippen LogP contribution is 2.30. The van der Waals surface area contributed by atoms with Gasteiger partial charge in [0.25, 0.3) is 0 Å². The van der Waals surface area contributed by atoms with Gasteiger partial charge in [0.2, 0.25) is 5.91 Å². The van der Waals surface area contributed by atoms with Gasteiger partial charge in [0.05, 0.1) is 24.1 Å². The highest BCUT2D eigenvalue weighted by atomic mass is 16.5. The average molecular weight is 393 g/mol. The first-order valence-electron chi connectivity index (χ1n) is 9.92. The van der Waals surface area contributed by atoms with Crippen LogP contribution >= 0.6 is 0 Å². The molecular formula is C21H23N5O3. The van der Waals surface area contributed by atoms with Crippen LogP contribution in [-0.4, -0.2) is 32.1 Å². The molecule has 0 aliphatic carbocycles. The third-order valence-electron chi connectivity index (χ3n) is 5.29. The van der Waals surface area contributed by atoms with Crippen molar-refractivity contribution in [2.75, 3.05) is 11.9 Å². The maximum atomic E-state index is 11.3. The molecule has 29 heavy (non-hydrogen) atoms. The van der Waals surface area contributed by atoms with Crippen LogP contribution in [0.5, 0.6) is 5.75 Å². The molecule has 0 spiro atoms. The molecule has 1 N–H and O–H groups in total. The first-order valence-corrected chi connectivity index (χ1v) is 9.92. The summed E-state index contributed by atoms with van der Waals surface area (Å²) in [5.41, 5.74) is 4.61. The van der Waals surface area contributed by atoms with Gasteiger partial charge in [-0.15, -0.1) is 0 Å². The molecular weight excluding hydrogens is 370 g/mol. The minimum Gasteiger partial charge on any atom is -0.487 e. The van der Waals surface area contributed by atoms with Gasteiger partial charge in [0.15, 0.2) is 0 Å². The number of carbonyl (C=O) groups excluding carboxylic acids is 1. The molecule has 5 rings (SSSR count). The molecule has 3 aromatic rings. The fourth-order valence-corrected chi connectivity index (χ4v) is 3.82. The molecule has 1 amide bonds. The summed E-state index contributed by atoms with van der Waals surface area (Å²) >= 11 is 0. The standard InChI is InChI=1S/C21H23N5O3/c1-14(27)23-17-6-5-15-11-25-18(13-29-20(15)8-17)9-19(24-25)16-10-22-26(12-16)21-4-2-3-7-28-21/h5-6,8-10,12,21H,2-4,7,11,13H2,1H3,(H,23,27). The molecule has 0 bridgehead atoms. The molecule has 1 aromatic carbocycles. The zero-order valence-electron chi connectivity index (χ0n) is 16.3. The number of nitrogens with zero attached hydrogens (tertiary/aromatic N) is 4. The van der Waals surface area contributed by atoms with Gasteiger partial charge in [-0.3, -0.25) is 9.48 Å². The van der Waals surface area contributed by atoms with Crippen LogP contribution < -0.4 is 10.1 Å². The number of rotatable bonds is 3. The lowest BCUT2D eigenvalue weighted by atomic mass is 10.2. The molecule has 1 fully saturated rings. The Labute approximate surface area is 168 Å². The van der Waals surface area contributed by atoms with Gasteiger partial charge in [-0.2, -0.15) is 10.2 Å². The van der Waals surface area contributed by atoms with Crippen molar-refractivity contribution in [2.45, 2.75) is 45.6 Å². The lowest BCUT2D eigenvalue weighted by Gasteiger charge is -2.22. The second-order valence-corrected chi connectivity index (χ2v) is 7.50. The Balaban J connectivity index is 1.37. The molecule has 1 atom stereocenters. The molecule has 2 aliphatic heterocycles. The topological polar surface area (TPSA) is 83.2 Å². The molecule has 1 saturated heterocycles. The van der Waals surface area contributed by atoms with Crippen LogP contribution in [0, 0.1) is 0 Å². The van der Waals surface area contributed by atoms with Gasteiger partial charge < -0.3 is 14.8 Å². The molecule has 2 aromatic heterocycles. The number of benzene rings is 1. The molecule has 0 radical (unpaired) electrons. The highest BCUT2D eigenvalue weighted by molar-refractivity contribution is 5.88. The van der Waals surface area contributed by atoms with Crippen LogP contribution in [-0.2, 0) is 22.7 Å². The normalized spacial score (nSPS) is 18.3. The highest BCUT2D eigenvalue weighted by Gasteiger charge is 2.20. The number of ether oxygens (including phenoxy) is 2. The van der Waals surface area contributed by atoms with Crippen LogP contribution in [0.4, 0.5) is 5.69 Å². The van der Waals surface area contributed by atoms with E-state index < -0.39 is 0 Å². The number of anilines is 1. The summed E-state index contributed by atoms with van der Waals surface area (Å²) < 4.78 is 15.7. The average Bonchev–Trinajstić information content (AvgIpc) is 3.32. The van der Waals surface area contributed by atoms with Gasteiger partial charge in [0, 0.05) is 42.6 Å². The van der Waals surface area contributed by atoms with E-state index in [-0.39, 0.29) is 12.1 Å². The molecule has 0 saturated carbocycles. The Hall–Kier alpha value is -3.13. The van der Waals surface area contributed by atoms with Crippen molar-refractivity contribution in [3.63, 3.8) is 0 Å². The lowest BCUT2D eigenvalue weighted by Crippen LogP contribution is -2.18. The minimum absolute atomic E-state index is 0.0194. The third-order valence-corrected chi connectivity index (χ3v) is 5.29. The molecule has 8 nitrogen and oxygen atoms in total. The van der Waals surface area contributed by atoms with Gasteiger partial charge >= 0.3 is 0 Å². The molecule has 4 heterocycles. The van der Waals surface area contributed by atoms with E-state index in [1.165, 1.54) is 13.3 Å². The summed E-state index contributed by atoms with van der Waals surface area (Å²) in [4.78, 5) is 11.3.